The summed E-state index contributed by atoms with van der Waals surface area (Å²) >= 11 is 0.713. The summed E-state index contributed by atoms with van der Waals surface area (Å²) in [4.78, 5) is 36.0. The number of thiophene rings is 1. The standard InChI is InChI=1S/C16H16N2O5S/c1-11(2)17(12-6-4-3-5-7-12)14(19)10-23-16(20)13-8-9-15(24-13)18(21)22/h3-9,11H,10H2,1-2H3. The lowest BCUT2D eigenvalue weighted by Crippen LogP contribution is -2.39. The van der Waals surface area contributed by atoms with Crippen LogP contribution in [0.25, 0.3) is 0 Å². The molecule has 0 aliphatic carbocycles. The molecule has 0 unspecified atom stereocenters. The van der Waals surface area contributed by atoms with Crippen molar-refractivity contribution in [3.63, 3.8) is 0 Å². The van der Waals surface area contributed by atoms with Crippen molar-refractivity contribution < 1.29 is 19.2 Å². The highest BCUT2D eigenvalue weighted by molar-refractivity contribution is 7.17. The monoisotopic (exact) mass is 348 g/mol. The molecule has 1 aromatic heterocycles. The number of rotatable bonds is 6. The minimum atomic E-state index is -0.752. The Morgan fingerprint density at radius 1 is 1.21 bits per heavy atom. The van der Waals surface area contributed by atoms with E-state index < -0.39 is 17.5 Å². The molecule has 126 valence electrons. The zero-order valence-electron chi connectivity index (χ0n) is 13.2. The molecule has 1 heterocycles. The minimum Gasteiger partial charge on any atom is -0.451 e. The van der Waals surface area contributed by atoms with E-state index in [4.69, 9.17) is 4.74 Å². The lowest BCUT2D eigenvalue weighted by molar-refractivity contribution is -0.380. The van der Waals surface area contributed by atoms with Gasteiger partial charge >= 0.3 is 11.0 Å². The van der Waals surface area contributed by atoms with E-state index in [1.807, 2.05) is 32.0 Å². The third kappa shape index (κ3) is 4.17. The Kier molecular flexibility index (Phi) is 5.64. The topological polar surface area (TPSA) is 89.8 Å². The van der Waals surface area contributed by atoms with Crippen molar-refractivity contribution in [3.05, 3.63) is 57.5 Å². The summed E-state index contributed by atoms with van der Waals surface area (Å²) < 4.78 is 4.99. The van der Waals surface area contributed by atoms with Gasteiger partial charge in [-0.25, -0.2) is 4.79 Å². The van der Waals surface area contributed by atoms with Gasteiger partial charge in [0.15, 0.2) is 6.61 Å². The van der Waals surface area contributed by atoms with E-state index in [-0.39, 0.29) is 21.8 Å². The van der Waals surface area contributed by atoms with E-state index in [0.29, 0.717) is 17.0 Å². The quantitative estimate of drug-likeness (QED) is 0.454. The maximum Gasteiger partial charge on any atom is 0.349 e. The van der Waals surface area contributed by atoms with Crippen molar-refractivity contribution in [2.24, 2.45) is 0 Å². The third-order valence-electron chi connectivity index (χ3n) is 3.12. The van der Waals surface area contributed by atoms with Gasteiger partial charge in [-0.05, 0) is 32.0 Å². The fourth-order valence-corrected chi connectivity index (χ4v) is 2.84. The Morgan fingerprint density at radius 2 is 1.88 bits per heavy atom. The van der Waals surface area contributed by atoms with Crippen molar-refractivity contribution >= 4 is 33.9 Å². The summed E-state index contributed by atoms with van der Waals surface area (Å²) in [7, 11) is 0. The molecule has 24 heavy (non-hydrogen) atoms. The van der Waals surface area contributed by atoms with E-state index in [1.54, 1.807) is 12.1 Å². The number of carbonyl (C=O) groups is 2. The Balaban J connectivity index is 2.02. The number of carbonyl (C=O) groups excluding carboxylic acids is 2. The Labute approximate surface area is 142 Å². The molecule has 7 nitrogen and oxygen atoms in total. The fourth-order valence-electron chi connectivity index (χ4n) is 2.12. The normalized spacial score (nSPS) is 10.5. The van der Waals surface area contributed by atoms with E-state index in [1.165, 1.54) is 17.0 Å². The number of anilines is 1. The summed E-state index contributed by atoms with van der Waals surface area (Å²) in [6.07, 6.45) is 0. The van der Waals surface area contributed by atoms with Gasteiger partial charge in [0.25, 0.3) is 5.91 Å². The van der Waals surface area contributed by atoms with Crippen LogP contribution in [0.2, 0.25) is 0 Å². The molecule has 0 bridgehead atoms. The summed E-state index contributed by atoms with van der Waals surface area (Å²) in [5.74, 6) is -1.12. The first-order valence-corrected chi connectivity index (χ1v) is 8.00. The van der Waals surface area contributed by atoms with Crippen LogP contribution in [-0.4, -0.2) is 29.4 Å². The molecule has 0 spiro atoms. The molecule has 8 heteroatoms. The Morgan fingerprint density at radius 3 is 2.42 bits per heavy atom. The summed E-state index contributed by atoms with van der Waals surface area (Å²) in [6, 6.07) is 11.5. The molecule has 0 aliphatic rings. The largest absolute Gasteiger partial charge is 0.451 e. The zero-order chi connectivity index (χ0) is 17.7. The number of hydrogen-bond donors (Lipinski definition) is 0. The maximum absolute atomic E-state index is 12.4. The molecule has 0 fully saturated rings. The van der Waals surface area contributed by atoms with Crippen LogP contribution in [0.1, 0.15) is 23.5 Å². The lowest BCUT2D eigenvalue weighted by atomic mass is 10.2. The fraction of sp³-hybridized carbons (Fsp3) is 0.250. The van der Waals surface area contributed by atoms with E-state index in [0.717, 1.165) is 0 Å². The SMILES string of the molecule is CC(C)N(C(=O)COC(=O)c1ccc([N+](=O)[O-])s1)c1ccccc1. The summed E-state index contributed by atoms with van der Waals surface area (Å²) in [5, 5.41) is 10.5. The van der Waals surface area contributed by atoms with E-state index in [9.17, 15) is 19.7 Å². The number of nitrogens with zero attached hydrogens (tertiary/aromatic N) is 2. The van der Waals surface area contributed by atoms with Crippen molar-refractivity contribution in [1.29, 1.82) is 0 Å². The minimum absolute atomic E-state index is 0.0882. The smallest absolute Gasteiger partial charge is 0.349 e. The number of para-hydroxylation sites is 1. The second-order valence-corrected chi connectivity index (χ2v) is 6.23. The van der Waals surface area contributed by atoms with Gasteiger partial charge in [0.1, 0.15) is 4.88 Å². The van der Waals surface area contributed by atoms with Crippen LogP contribution in [0.3, 0.4) is 0 Å². The molecule has 0 saturated carbocycles. The molecule has 1 aromatic carbocycles. The number of nitro groups is 1. The first kappa shape index (κ1) is 17.6. The van der Waals surface area contributed by atoms with Gasteiger partial charge in [-0.15, -0.1) is 0 Å². The zero-order valence-corrected chi connectivity index (χ0v) is 14.0. The van der Waals surface area contributed by atoms with Gasteiger partial charge in [-0.1, -0.05) is 29.5 Å². The summed E-state index contributed by atoms with van der Waals surface area (Å²) in [5.41, 5.74) is 0.709. The van der Waals surface area contributed by atoms with Gasteiger partial charge in [0.2, 0.25) is 0 Å². The number of esters is 1. The van der Waals surface area contributed by atoms with Crippen LogP contribution in [0.5, 0.6) is 0 Å². The molecule has 2 rings (SSSR count). The Hall–Kier alpha value is -2.74. The maximum atomic E-state index is 12.4. The average Bonchev–Trinajstić information content (AvgIpc) is 3.04. The molecule has 2 aromatic rings. The molecular formula is C16H16N2O5S. The molecule has 0 aliphatic heterocycles. The predicted octanol–water partition coefficient (Wildman–Crippen LogP) is 3.25. The van der Waals surface area contributed by atoms with Gasteiger partial charge in [0.05, 0.1) is 4.92 Å². The second-order valence-electron chi connectivity index (χ2n) is 5.16. The van der Waals surface area contributed by atoms with Gasteiger partial charge in [-0.3, -0.25) is 14.9 Å². The highest BCUT2D eigenvalue weighted by Gasteiger charge is 2.22. The average molecular weight is 348 g/mol. The van der Waals surface area contributed by atoms with Crippen molar-refractivity contribution in [1.82, 2.24) is 0 Å². The number of amides is 1. The lowest BCUT2D eigenvalue weighted by Gasteiger charge is -2.26. The number of benzene rings is 1. The van der Waals surface area contributed by atoms with Crippen molar-refractivity contribution in [3.8, 4) is 0 Å². The van der Waals surface area contributed by atoms with Crippen LogP contribution in [0, 0.1) is 10.1 Å². The molecule has 1 amide bonds. The van der Waals surface area contributed by atoms with Crippen LogP contribution >= 0.6 is 11.3 Å². The van der Waals surface area contributed by atoms with E-state index in [2.05, 4.69) is 0 Å². The number of hydrogen-bond acceptors (Lipinski definition) is 6. The number of ether oxygens (including phenoxy) is 1. The first-order valence-electron chi connectivity index (χ1n) is 7.18. The molecule has 0 saturated heterocycles. The van der Waals surface area contributed by atoms with Crippen LogP contribution in [0.15, 0.2) is 42.5 Å². The predicted molar refractivity (Wildman–Crippen MR) is 90.3 cm³/mol. The van der Waals surface area contributed by atoms with Crippen molar-refractivity contribution in [2.45, 2.75) is 19.9 Å². The first-order chi connectivity index (χ1) is 11.4. The molecule has 0 radical (unpaired) electrons. The van der Waals surface area contributed by atoms with Gasteiger partial charge < -0.3 is 9.64 Å². The Bertz CT molecular complexity index is 742. The highest BCUT2D eigenvalue weighted by atomic mass is 32.1. The van der Waals surface area contributed by atoms with Crippen LogP contribution in [-0.2, 0) is 9.53 Å². The third-order valence-corrected chi connectivity index (χ3v) is 4.14. The molecule has 0 atom stereocenters. The van der Waals surface area contributed by atoms with Crippen molar-refractivity contribution in [2.75, 3.05) is 11.5 Å². The molecular weight excluding hydrogens is 332 g/mol. The van der Waals surface area contributed by atoms with E-state index >= 15 is 0 Å². The van der Waals surface area contributed by atoms with Crippen LogP contribution in [0.4, 0.5) is 10.7 Å². The van der Waals surface area contributed by atoms with Gasteiger partial charge in [-0.2, -0.15) is 0 Å². The summed E-state index contributed by atoms with van der Waals surface area (Å²) in [6.45, 7) is 3.28. The molecule has 0 N–H and O–H groups in total. The second kappa shape index (κ2) is 7.69. The van der Waals surface area contributed by atoms with Crippen LogP contribution < -0.4 is 4.90 Å². The van der Waals surface area contributed by atoms with Gasteiger partial charge in [0, 0.05) is 17.8 Å². The highest BCUT2D eigenvalue weighted by Crippen LogP contribution is 2.24.